The SMILES string of the molecule is Cc1cc(O)ccc1C(=O)O.[KH]. The molecule has 60 valence electrons. The van der Waals surface area contributed by atoms with Gasteiger partial charge in [0.25, 0.3) is 0 Å². The van der Waals surface area contributed by atoms with Gasteiger partial charge in [-0.3, -0.25) is 0 Å². The van der Waals surface area contributed by atoms with E-state index in [0.29, 0.717) is 5.56 Å². The average Bonchev–Trinajstić information content (AvgIpc) is 1.85. The van der Waals surface area contributed by atoms with Crippen LogP contribution in [-0.2, 0) is 0 Å². The minimum absolute atomic E-state index is 0. The summed E-state index contributed by atoms with van der Waals surface area (Å²) in [7, 11) is 0. The van der Waals surface area contributed by atoms with Gasteiger partial charge in [-0.2, -0.15) is 0 Å². The first-order chi connectivity index (χ1) is 5.11. The Kier molecular flexibility index (Phi) is 5.04. The molecule has 0 aromatic heterocycles. The molecule has 0 saturated heterocycles. The van der Waals surface area contributed by atoms with E-state index in [-0.39, 0.29) is 62.7 Å². The average molecular weight is 192 g/mol. The Morgan fingerprint density at radius 3 is 2.42 bits per heavy atom. The summed E-state index contributed by atoms with van der Waals surface area (Å²) < 4.78 is 0. The zero-order chi connectivity index (χ0) is 8.43. The molecule has 1 aromatic carbocycles. The number of carbonyl (C=O) groups is 1. The van der Waals surface area contributed by atoms with E-state index < -0.39 is 5.97 Å². The van der Waals surface area contributed by atoms with Gasteiger partial charge in [-0.25, -0.2) is 4.79 Å². The molecule has 12 heavy (non-hydrogen) atoms. The monoisotopic (exact) mass is 192 g/mol. The summed E-state index contributed by atoms with van der Waals surface area (Å²) in [6.07, 6.45) is 0. The summed E-state index contributed by atoms with van der Waals surface area (Å²) in [4.78, 5) is 10.5. The molecule has 0 aliphatic heterocycles. The van der Waals surface area contributed by atoms with Crippen LogP contribution in [0.4, 0.5) is 0 Å². The zero-order valence-corrected chi connectivity index (χ0v) is 6.03. The molecule has 0 aliphatic rings. The Morgan fingerprint density at radius 2 is 2.00 bits per heavy atom. The van der Waals surface area contributed by atoms with Crippen LogP contribution in [0.5, 0.6) is 5.75 Å². The van der Waals surface area contributed by atoms with Crippen molar-refractivity contribution in [3.8, 4) is 5.75 Å². The fraction of sp³-hybridized carbons (Fsp3) is 0.125. The number of aromatic carboxylic acids is 1. The summed E-state index contributed by atoms with van der Waals surface area (Å²) >= 11 is 0. The van der Waals surface area contributed by atoms with Gasteiger partial charge < -0.3 is 10.2 Å². The second kappa shape index (κ2) is 4.99. The molecule has 0 radical (unpaired) electrons. The Bertz CT molecular complexity index is 296. The number of hydrogen-bond donors (Lipinski definition) is 2. The summed E-state index contributed by atoms with van der Waals surface area (Å²) in [5, 5.41) is 17.5. The van der Waals surface area contributed by atoms with E-state index >= 15 is 0 Å². The minimum atomic E-state index is -0.970. The van der Waals surface area contributed by atoms with Crippen molar-refractivity contribution in [1.29, 1.82) is 0 Å². The Hall–Kier alpha value is 0.126. The topological polar surface area (TPSA) is 57.5 Å². The van der Waals surface area contributed by atoms with Crippen molar-refractivity contribution in [3.63, 3.8) is 0 Å². The zero-order valence-electron chi connectivity index (χ0n) is 6.03. The van der Waals surface area contributed by atoms with Gasteiger partial charge in [-0.1, -0.05) is 0 Å². The van der Waals surface area contributed by atoms with Crippen LogP contribution in [0.2, 0.25) is 0 Å². The summed E-state index contributed by atoms with van der Waals surface area (Å²) in [6, 6.07) is 4.16. The van der Waals surface area contributed by atoms with Crippen LogP contribution in [-0.4, -0.2) is 67.6 Å². The van der Waals surface area contributed by atoms with E-state index in [1.807, 2.05) is 0 Å². The van der Waals surface area contributed by atoms with Crippen molar-refractivity contribution in [2.75, 3.05) is 0 Å². The number of aryl methyl sites for hydroxylation is 1. The van der Waals surface area contributed by atoms with Gasteiger partial charge in [0.2, 0.25) is 0 Å². The van der Waals surface area contributed by atoms with Gasteiger partial charge in [-0.05, 0) is 30.7 Å². The first-order valence-corrected chi connectivity index (χ1v) is 3.14. The first kappa shape index (κ1) is 12.1. The Balaban J connectivity index is 0.00000121. The molecule has 3 nitrogen and oxygen atoms in total. The van der Waals surface area contributed by atoms with Gasteiger partial charge in [0.05, 0.1) is 5.56 Å². The molecule has 0 heterocycles. The molecule has 0 bridgehead atoms. The maximum atomic E-state index is 10.5. The predicted molar refractivity (Wildman–Crippen MR) is 47.0 cm³/mol. The quantitative estimate of drug-likeness (QED) is 0.645. The van der Waals surface area contributed by atoms with Crippen LogP contribution in [0.25, 0.3) is 0 Å². The van der Waals surface area contributed by atoms with E-state index in [4.69, 9.17) is 10.2 Å². The van der Waals surface area contributed by atoms with E-state index in [1.165, 1.54) is 18.2 Å². The third-order valence-corrected chi connectivity index (χ3v) is 1.44. The van der Waals surface area contributed by atoms with Crippen LogP contribution < -0.4 is 0 Å². The van der Waals surface area contributed by atoms with Crippen LogP contribution in [0.15, 0.2) is 18.2 Å². The van der Waals surface area contributed by atoms with Crippen molar-refractivity contribution in [1.82, 2.24) is 0 Å². The number of hydrogen-bond acceptors (Lipinski definition) is 2. The number of phenolic OH excluding ortho intramolecular Hbond substituents is 1. The predicted octanol–water partition coefficient (Wildman–Crippen LogP) is 0.750. The molecule has 0 saturated carbocycles. The van der Waals surface area contributed by atoms with Crippen molar-refractivity contribution >= 4 is 57.4 Å². The van der Waals surface area contributed by atoms with Crippen molar-refractivity contribution in [2.45, 2.75) is 6.92 Å². The molecule has 0 atom stereocenters. The van der Waals surface area contributed by atoms with E-state index in [9.17, 15) is 4.79 Å². The third kappa shape index (κ3) is 2.88. The number of carboxylic acid groups (broad SMARTS) is 1. The van der Waals surface area contributed by atoms with Crippen molar-refractivity contribution < 1.29 is 15.0 Å². The van der Waals surface area contributed by atoms with Crippen molar-refractivity contribution in [3.05, 3.63) is 29.3 Å². The fourth-order valence-corrected chi connectivity index (χ4v) is 0.888. The number of benzene rings is 1. The summed E-state index contributed by atoms with van der Waals surface area (Å²) in [5.74, 6) is -0.880. The normalized spacial score (nSPS) is 8.75. The molecule has 1 aromatic rings. The molecule has 0 amide bonds. The Labute approximate surface area is 113 Å². The van der Waals surface area contributed by atoms with Crippen molar-refractivity contribution in [2.24, 2.45) is 0 Å². The van der Waals surface area contributed by atoms with Crippen LogP contribution in [0.1, 0.15) is 15.9 Å². The Morgan fingerprint density at radius 1 is 1.42 bits per heavy atom. The standard InChI is InChI=1S/C8H8O3.K.H/c1-5-4-6(9)2-3-7(5)8(10)11;;/h2-4,9H,1H3,(H,10,11);;. The van der Waals surface area contributed by atoms with Crippen LogP contribution in [0, 0.1) is 6.92 Å². The second-order valence-corrected chi connectivity index (χ2v) is 2.30. The number of aromatic hydroxyl groups is 1. The first-order valence-electron chi connectivity index (χ1n) is 3.14. The number of carboxylic acids is 1. The second-order valence-electron chi connectivity index (χ2n) is 2.30. The molecule has 4 heteroatoms. The van der Waals surface area contributed by atoms with Gasteiger partial charge in [0, 0.05) is 0 Å². The molecule has 0 unspecified atom stereocenters. The summed E-state index contributed by atoms with van der Waals surface area (Å²) in [6.45, 7) is 1.64. The third-order valence-electron chi connectivity index (χ3n) is 1.44. The van der Waals surface area contributed by atoms with Gasteiger partial charge in [0.15, 0.2) is 0 Å². The molecule has 0 aliphatic carbocycles. The molecular formula is C8H9KO3. The van der Waals surface area contributed by atoms with Gasteiger partial charge in [0.1, 0.15) is 5.75 Å². The van der Waals surface area contributed by atoms with Crippen LogP contribution in [0.3, 0.4) is 0 Å². The van der Waals surface area contributed by atoms with Gasteiger partial charge >= 0.3 is 57.4 Å². The molecule has 0 spiro atoms. The molecule has 1 rings (SSSR count). The fourth-order valence-electron chi connectivity index (χ4n) is 0.888. The number of phenols is 1. The maximum absolute atomic E-state index is 10.5. The molecule has 0 fully saturated rings. The summed E-state index contributed by atoms with van der Waals surface area (Å²) in [5.41, 5.74) is 0.792. The van der Waals surface area contributed by atoms with E-state index in [2.05, 4.69) is 0 Å². The van der Waals surface area contributed by atoms with Gasteiger partial charge in [-0.15, -0.1) is 0 Å². The number of rotatable bonds is 1. The molecule has 2 N–H and O–H groups in total. The van der Waals surface area contributed by atoms with Crippen LogP contribution >= 0.6 is 0 Å². The van der Waals surface area contributed by atoms with E-state index in [1.54, 1.807) is 6.92 Å². The van der Waals surface area contributed by atoms with E-state index in [0.717, 1.165) is 0 Å². The molecular weight excluding hydrogens is 183 g/mol.